The molecule has 0 aromatic carbocycles. The van der Waals surface area contributed by atoms with Crippen molar-refractivity contribution in [2.45, 2.75) is 46.1 Å². The van der Waals surface area contributed by atoms with E-state index >= 15 is 0 Å². The molecule has 0 spiro atoms. The molecule has 3 rings (SSSR count). The fourth-order valence-corrected chi connectivity index (χ4v) is 4.79. The van der Waals surface area contributed by atoms with Crippen LogP contribution >= 0.6 is 23.2 Å². The lowest BCUT2D eigenvalue weighted by Gasteiger charge is -2.40. The molecule has 2 N–H and O–H groups in total. The third kappa shape index (κ3) is 1.87. The van der Waals surface area contributed by atoms with Gasteiger partial charge in [-0.05, 0) is 36.2 Å². The highest BCUT2D eigenvalue weighted by Gasteiger charge is 2.72. The van der Waals surface area contributed by atoms with Gasteiger partial charge in [0.15, 0.2) is 5.82 Å². The van der Waals surface area contributed by atoms with Gasteiger partial charge in [-0.15, -0.1) is 0 Å². The number of pyridine rings is 1. The van der Waals surface area contributed by atoms with Crippen molar-refractivity contribution in [3.8, 4) is 0 Å². The fraction of sp³-hybridized carbons (Fsp3) is 0.625. The third-order valence-corrected chi connectivity index (χ3v) is 6.94. The van der Waals surface area contributed by atoms with Gasteiger partial charge in [0.1, 0.15) is 0 Å². The van der Waals surface area contributed by atoms with Crippen LogP contribution in [0.25, 0.3) is 0 Å². The second-order valence-electron chi connectivity index (χ2n) is 7.28. The first-order chi connectivity index (χ1) is 10.1. The molecular weight excluding hydrogens is 323 g/mol. The van der Waals surface area contributed by atoms with Gasteiger partial charge in [-0.2, -0.15) is 0 Å². The van der Waals surface area contributed by atoms with Gasteiger partial charge in [-0.3, -0.25) is 4.79 Å². The Morgan fingerprint density at radius 1 is 1.36 bits per heavy atom. The van der Waals surface area contributed by atoms with Crippen molar-refractivity contribution in [2.24, 2.45) is 16.2 Å². The minimum absolute atomic E-state index is 0.116. The van der Waals surface area contributed by atoms with Crippen LogP contribution < -0.4 is 5.32 Å². The van der Waals surface area contributed by atoms with E-state index in [1.54, 1.807) is 6.07 Å². The summed E-state index contributed by atoms with van der Waals surface area (Å²) in [6.45, 7) is 6.23. The van der Waals surface area contributed by atoms with Gasteiger partial charge in [-0.25, -0.2) is 4.98 Å². The molecule has 0 aliphatic heterocycles. The maximum atomic E-state index is 13.0. The summed E-state index contributed by atoms with van der Waals surface area (Å²) in [5.74, 6) is 0.200. The van der Waals surface area contributed by atoms with Crippen molar-refractivity contribution >= 4 is 34.9 Å². The van der Waals surface area contributed by atoms with E-state index in [9.17, 15) is 9.90 Å². The topological polar surface area (TPSA) is 62.2 Å². The van der Waals surface area contributed by atoms with Crippen molar-refractivity contribution in [1.29, 1.82) is 0 Å². The molecule has 120 valence electrons. The standard InChI is InChI=1S/C16H20Cl2N2O2/c1-14(2)15(3)4-5-16(14,7-11(15)21)13(22)20-12-10(18)6-9(17)8-19-12/h6,8,11,21H,4-5,7H2,1-3H3,(H,19,20,22)/t11-,15+,16+/m1/s1. The van der Waals surface area contributed by atoms with Gasteiger partial charge < -0.3 is 10.4 Å². The molecule has 2 bridgehead atoms. The van der Waals surface area contributed by atoms with Crippen molar-refractivity contribution < 1.29 is 9.90 Å². The number of aliphatic hydroxyl groups is 1. The lowest BCUT2D eigenvalue weighted by atomic mass is 9.64. The Morgan fingerprint density at radius 3 is 2.55 bits per heavy atom. The zero-order chi connectivity index (χ0) is 16.3. The Morgan fingerprint density at radius 2 is 2.05 bits per heavy atom. The molecular formula is C16H20Cl2N2O2. The number of halogens is 2. The van der Waals surface area contributed by atoms with Gasteiger partial charge in [0.2, 0.25) is 5.91 Å². The Bertz CT molecular complexity index is 649. The Hall–Kier alpha value is -0.840. The summed E-state index contributed by atoms with van der Waals surface area (Å²) < 4.78 is 0. The molecule has 1 aromatic heterocycles. The highest BCUT2D eigenvalue weighted by molar-refractivity contribution is 6.36. The van der Waals surface area contributed by atoms with E-state index in [1.807, 2.05) is 0 Å². The van der Waals surface area contributed by atoms with Crippen molar-refractivity contribution in [1.82, 2.24) is 4.98 Å². The second-order valence-corrected chi connectivity index (χ2v) is 8.13. The molecule has 0 radical (unpaired) electrons. The van der Waals surface area contributed by atoms with E-state index in [0.717, 1.165) is 12.8 Å². The predicted octanol–water partition coefficient (Wildman–Crippen LogP) is 3.90. The van der Waals surface area contributed by atoms with Gasteiger partial charge in [0, 0.05) is 6.20 Å². The average Bonchev–Trinajstić information content (AvgIpc) is 2.72. The van der Waals surface area contributed by atoms with E-state index in [-0.39, 0.29) is 16.7 Å². The van der Waals surface area contributed by atoms with E-state index in [0.29, 0.717) is 22.3 Å². The monoisotopic (exact) mass is 342 g/mol. The van der Waals surface area contributed by atoms with Gasteiger partial charge >= 0.3 is 0 Å². The first-order valence-electron chi connectivity index (χ1n) is 7.45. The molecule has 6 heteroatoms. The largest absolute Gasteiger partial charge is 0.393 e. The van der Waals surface area contributed by atoms with Crippen LogP contribution in [0, 0.1) is 16.2 Å². The summed E-state index contributed by atoms with van der Waals surface area (Å²) in [4.78, 5) is 17.1. The number of anilines is 1. The van der Waals surface area contributed by atoms with Crippen LogP contribution in [0.15, 0.2) is 12.3 Å². The van der Waals surface area contributed by atoms with Gasteiger partial charge in [0.05, 0.1) is 21.6 Å². The van der Waals surface area contributed by atoms with E-state index in [1.165, 1.54) is 6.20 Å². The van der Waals surface area contributed by atoms with Crippen LogP contribution in [0.4, 0.5) is 5.82 Å². The zero-order valence-electron chi connectivity index (χ0n) is 12.9. The number of aromatic nitrogens is 1. The Labute approximate surface area is 140 Å². The number of rotatable bonds is 2. The molecule has 3 atom stereocenters. The Kier molecular flexibility index (Phi) is 3.52. The fourth-order valence-electron chi connectivity index (χ4n) is 4.36. The molecule has 22 heavy (non-hydrogen) atoms. The summed E-state index contributed by atoms with van der Waals surface area (Å²) in [6, 6.07) is 1.55. The third-order valence-electron chi connectivity index (χ3n) is 6.45. The summed E-state index contributed by atoms with van der Waals surface area (Å²) >= 11 is 11.9. The lowest BCUT2D eigenvalue weighted by molar-refractivity contribution is -0.130. The number of nitrogens with zero attached hydrogens (tertiary/aromatic N) is 1. The smallest absolute Gasteiger partial charge is 0.232 e. The molecule has 2 fully saturated rings. The van der Waals surface area contributed by atoms with Gasteiger partial charge in [0.25, 0.3) is 0 Å². The van der Waals surface area contributed by atoms with Crippen LogP contribution in [-0.2, 0) is 4.79 Å². The number of amides is 1. The number of nitrogens with one attached hydrogen (secondary N) is 1. The summed E-state index contributed by atoms with van der Waals surface area (Å²) in [5.41, 5.74) is -1.12. The van der Waals surface area contributed by atoms with Crippen molar-refractivity contribution in [3.05, 3.63) is 22.3 Å². The molecule has 1 aromatic rings. The predicted molar refractivity (Wildman–Crippen MR) is 87.1 cm³/mol. The van der Waals surface area contributed by atoms with Crippen molar-refractivity contribution in [3.63, 3.8) is 0 Å². The SMILES string of the molecule is CC1(C)[C@@]2(C(=O)Nc3ncc(Cl)cc3Cl)CC[C@@]1(C)[C@H](O)C2. The zero-order valence-corrected chi connectivity index (χ0v) is 14.4. The minimum atomic E-state index is -0.591. The molecule has 4 nitrogen and oxygen atoms in total. The molecule has 0 unspecified atom stereocenters. The van der Waals surface area contributed by atoms with E-state index in [4.69, 9.17) is 23.2 Å². The molecule has 2 aliphatic carbocycles. The maximum absolute atomic E-state index is 13.0. The quantitative estimate of drug-likeness (QED) is 0.856. The highest BCUT2D eigenvalue weighted by atomic mass is 35.5. The Balaban J connectivity index is 1.93. The normalized spacial score (nSPS) is 35.6. The van der Waals surface area contributed by atoms with Crippen LogP contribution in [0.2, 0.25) is 10.0 Å². The van der Waals surface area contributed by atoms with Crippen LogP contribution in [0.3, 0.4) is 0 Å². The molecule has 2 saturated carbocycles. The molecule has 2 aliphatic rings. The number of hydrogen-bond donors (Lipinski definition) is 2. The maximum Gasteiger partial charge on any atom is 0.232 e. The van der Waals surface area contributed by atoms with Crippen molar-refractivity contribution in [2.75, 3.05) is 5.32 Å². The molecule has 1 heterocycles. The number of fused-ring (bicyclic) bond motifs is 2. The van der Waals surface area contributed by atoms with Crippen LogP contribution in [0.1, 0.15) is 40.0 Å². The molecule has 0 saturated heterocycles. The van der Waals surface area contributed by atoms with Gasteiger partial charge in [-0.1, -0.05) is 44.0 Å². The van der Waals surface area contributed by atoms with Crippen LogP contribution in [-0.4, -0.2) is 22.1 Å². The summed E-state index contributed by atoms with van der Waals surface area (Å²) in [7, 11) is 0. The summed E-state index contributed by atoms with van der Waals surface area (Å²) in [5, 5.41) is 14.0. The van der Waals surface area contributed by atoms with E-state index < -0.39 is 11.5 Å². The number of aliphatic hydroxyl groups excluding tert-OH is 1. The highest BCUT2D eigenvalue weighted by Crippen LogP contribution is 2.72. The lowest BCUT2D eigenvalue weighted by Crippen LogP contribution is -2.43. The molecule has 1 amide bonds. The number of carbonyl (C=O) groups excluding carboxylic acids is 1. The average molecular weight is 343 g/mol. The first kappa shape index (κ1) is 16.0. The second kappa shape index (κ2) is 4.83. The van der Waals surface area contributed by atoms with Crippen LogP contribution in [0.5, 0.6) is 0 Å². The number of hydrogen-bond acceptors (Lipinski definition) is 3. The first-order valence-corrected chi connectivity index (χ1v) is 8.20. The number of carbonyl (C=O) groups is 1. The minimum Gasteiger partial charge on any atom is -0.393 e. The van der Waals surface area contributed by atoms with E-state index in [2.05, 4.69) is 31.1 Å². The summed E-state index contributed by atoms with van der Waals surface area (Å²) in [6.07, 6.45) is 3.08.